The Labute approximate surface area is 182 Å². The van der Waals surface area contributed by atoms with Gasteiger partial charge >= 0.3 is 0 Å². The monoisotopic (exact) mass is 415 g/mol. The number of hydrogen-bond acceptors (Lipinski definition) is 4. The quantitative estimate of drug-likeness (QED) is 0.326. The second kappa shape index (κ2) is 10.7. The SMILES string of the molecule is Cc1ccc(NC(=O)CC(=O)NN=Cc2ccccc2OCc2ccccc2)c(C)c1. The number of anilines is 1. The number of nitrogens with one attached hydrogen (secondary N) is 2. The Hall–Kier alpha value is -3.93. The molecule has 6 heteroatoms. The third-order valence-electron chi connectivity index (χ3n) is 4.53. The van der Waals surface area contributed by atoms with Crippen LogP contribution in [0.4, 0.5) is 5.69 Å². The van der Waals surface area contributed by atoms with Gasteiger partial charge in [-0.1, -0.05) is 60.2 Å². The van der Waals surface area contributed by atoms with Gasteiger partial charge in [0.1, 0.15) is 18.8 Å². The number of ether oxygens (including phenoxy) is 1. The van der Waals surface area contributed by atoms with Gasteiger partial charge < -0.3 is 10.1 Å². The molecule has 0 fully saturated rings. The first kappa shape index (κ1) is 21.8. The average molecular weight is 415 g/mol. The van der Waals surface area contributed by atoms with Gasteiger partial charge in [-0.15, -0.1) is 0 Å². The number of carbonyl (C=O) groups excluding carboxylic acids is 2. The molecule has 0 saturated heterocycles. The molecule has 2 N–H and O–H groups in total. The molecule has 0 atom stereocenters. The molecule has 0 bridgehead atoms. The van der Waals surface area contributed by atoms with Crippen molar-refractivity contribution in [2.24, 2.45) is 5.10 Å². The molecule has 0 radical (unpaired) electrons. The maximum atomic E-state index is 12.1. The first-order valence-corrected chi connectivity index (χ1v) is 9.96. The van der Waals surface area contributed by atoms with E-state index < -0.39 is 11.8 Å². The zero-order chi connectivity index (χ0) is 22.1. The number of hydrazone groups is 1. The summed E-state index contributed by atoms with van der Waals surface area (Å²) in [6.07, 6.45) is 1.18. The van der Waals surface area contributed by atoms with Gasteiger partial charge in [0.2, 0.25) is 11.8 Å². The van der Waals surface area contributed by atoms with Crippen molar-refractivity contribution in [1.82, 2.24) is 5.43 Å². The van der Waals surface area contributed by atoms with Crippen molar-refractivity contribution >= 4 is 23.7 Å². The number of aryl methyl sites for hydroxylation is 2. The van der Waals surface area contributed by atoms with E-state index in [9.17, 15) is 9.59 Å². The first-order chi connectivity index (χ1) is 15.0. The van der Waals surface area contributed by atoms with Gasteiger partial charge in [-0.25, -0.2) is 5.43 Å². The number of para-hydroxylation sites is 1. The fourth-order valence-electron chi connectivity index (χ4n) is 2.96. The van der Waals surface area contributed by atoms with Crippen LogP contribution in [0, 0.1) is 13.8 Å². The van der Waals surface area contributed by atoms with Crippen molar-refractivity contribution in [2.45, 2.75) is 26.9 Å². The van der Waals surface area contributed by atoms with Crippen molar-refractivity contribution < 1.29 is 14.3 Å². The van der Waals surface area contributed by atoms with Crippen LogP contribution < -0.4 is 15.5 Å². The maximum Gasteiger partial charge on any atom is 0.249 e. The Bertz CT molecular complexity index is 1080. The Morgan fingerprint density at radius 2 is 1.68 bits per heavy atom. The number of rotatable bonds is 8. The minimum absolute atomic E-state index is 0.323. The lowest BCUT2D eigenvalue weighted by molar-refractivity contribution is -0.126. The van der Waals surface area contributed by atoms with E-state index in [0.29, 0.717) is 18.0 Å². The molecule has 31 heavy (non-hydrogen) atoms. The van der Waals surface area contributed by atoms with Crippen molar-refractivity contribution in [3.8, 4) is 5.75 Å². The molecule has 0 aliphatic carbocycles. The lowest BCUT2D eigenvalue weighted by Gasteiger charge is -2.09. The molecule has 3 rings (SSSR count). The smallest absolute Gasteiger partial charge is 0.249 e. The van der Waals surface area contributed by atoms with Crippen LogP contribution in [-0.4, -0.2) is 18.0 Å². The molecule has 0 spiro atoms. The Balaban J connectivity index is 1.51. The van der Waals surface area contributed by atoms with E-state index in [-0.39, 0.29) is 6.42 Å². The predicted molar refractivity (Wildman–Crippen MR) is 122 cm³/mol. The van der Waals surface area contributed by atoms with Crippen LogP contribution in [0.15, 0.2) is 77.9 Å². The van der Waals surface area contributed by atoms with Gasteiger partial charge in [0.25, 0.3) is 0 Å². The summed E-state index contributed by atoms with van der Waals surface area (Å²) < 4.78 is 5.86. The third kappa shape index (κ3) is 6.82. The van der Waals surface area contributed by atoms with E-state index in [1.807, 2.05) is 86.6 Å². The lowest BCUT2D eigenvalue weighted by atomic mass is 10.1. The molecule has 158 valence electrons. The zero-order valence-corrected chi connectivity index (χ0v) is 17.6. The summed E-state index contributed by atoms with van der Waals surface area (Å²) in [5.41, 5.74) is 6.90. The zero-order valence-electron chi connectivity index (χ0n) is 17.6. The summed E-state index contributed by atoms with van der Waals surface area (Å²) in [5, 5.41) is 6.71. The Kier molecular flexibility index (Phi) is 7.54. The highest BCUT2D eigenvalue weighted by Gasteiger charge is 2.10. The molecule has 0 unspecified atom stereocenters. The molecule has 0 aliphatic heterocycles. The lowest BCUT2D eigenvalue weighted by Crippen LogP contribution is -2.24. The molecular weight excluding hydrogens is 390 g/mol. The van der Waals surface area contributed by atoms with Gasteiger partial charge in [0.15, 0.2) is 0 Å². The van der Waals surface area contributed by atoms with Crippen molar-refractivity contribution in [1.29, 1.82) is 0 Å². The van der Waals surface area contributed by atoms with Crippen LogP contribution in [0.5, 0.6) is 5.75 Å². The average Bonchev–Trinajstić information content (AvgIpc) is 2.76. The second-order valence-electron chi connectivity index (χ2n) is 7.15. The van der Waals surface area contributed by atoms with Crippen LogP contribution >= 0.6 is 0 Å². The summed E-state index contributed by atoms with van der Waals surface area (Å²) in [5.74, 6) is -0.246. The molecule has 2 amide bonds. The van der Waals surface area contributed by atoms with Crippen LogP contribution in [0.1, 0.15) is 28.7 Å². The van der Waals surface area contributed by atoms with Crippen LogP contribution in [-0.2, 0) is 16.2 Å². The predicted octanol–water partition coefficient (Wildman–Crippen LogP) is 4.36. The highest BCUT2D eigenvalue weighted by Crippen LogP contribution is 2.18. The Morgan fingerprint density at radius 1 is 0.935 bits per heavy atom. The van der Waals surface area contributed by atoms with Gasteiger partial charge in [-0.3, -0.25) is 9.59 Å². The van der Waals surface area contributed by atoms with Crippen molar-refractivity contribution in [3.63, 3.8) is 0 Å². The highest BCUT2D eigenvalue weighted by molar-refractivity contribution is 6.04. The molecule has 6 nitrogen and oxygen atoms in total. The number of hydrogen-bond donors (Lipinski definition) is 2. The third-order valence-corrected chi connectivity index (χ3v) is 4.53. The van der Waals surface area contributed by atoms with E-state index in [1.165, 1.54) is 6.21 Å². The topological polar surface area (TPSA) is 79.8 Å². The van der Waals surface area contributed by atoms with Gasteiger partial charge in [-0.2, -0.15) is 5.10 Å². The molecule has 0 heterocycles. The second-order valence-corrected chi connectivity index (χ2v) is 7.15. The van der Waals surface area contributed by atoms with E-state index in [4.69, 9.17) is 4.74 Å². The standard InChI is InChI=1S/C25H25N3O3/c1-18-12-13-22(19(2)14-18)27-24(29)15-25(30)28-26-16-21-10-6-7-11-23(21)31-17-20-8-4-3-5-9-20/h3-14,16H,15,17H2,1-2H3,(H,27,29)(H,28,30). The minimum Gasteiger partial charge on any atom is -0.488 e. The minimum atomic E-state index is -0.499. The van der Waals surface area contributed by atoms with Crippen LogP contribution in [0.3, 0.4) is 0 Å². The number of carbonyl (C=O) groups is 2. The van der Waals surface area contributed by atoms with Crippen LogP contribution in [0.25, 0.3) is 0 Å². The van der Waals surface area contributed by atoms with Crippen LogP contribution in [0.2, 0.25) is 0 Å². The van der Waals surface area contributed by atoms with E-state index in [0.717, 1.165) is 22.3 Å². The summed E-state index contributed by atoms with van der Waals surface area (Å²) in [6.45, 7) is 4.32. The van der Waals surface area contributed by atoms with Gasteiger partial charge in [-0.05, 0) is 43.2 Å². The number of nitrogens with zero attached hydrogens (tertiary/aromatic N) is 1. The van der Waals surface area contributed by atoms with Gasteiger partial charge in [0, 0.05) is 11.3 Å². The Morgan fingerprint density at radius 3 is 2.45 bits per heavy atom. The maximum absolute atomic E-state index is 12.1. The number of amides is 2. The first-order valence-electron chi connectivity index (χ1n) is 9.96. The largest absolute Gasteiger partial charge is 0.488 e. The molecule has 0 aliphatic rings. The molecular formula is C25H25N3O3. The van der Waals surface area contributed by atoms with Gasteiger partial charge in [0.05, 0.1) is 6.21 Å². The van der Waals surface area contributed by atoms with E-state index >= 15 is 0 Å². The summed E-state index contributed by atoms with van der Waals surface area (Å²) >= 11 is 0. The molecule has 0 aromatic heterocycles. The fourth-order valence-corrected chi connectivity index (χ4v) is 2.96. The molecule has 0 saturated carbocycles. The van der Waals surface area contributed by atoms with Crippen molar-refractivity contribution in [3.05, 3.63) is 95.1 Å². The van der Waals surface area contributed by atoms with E-state index in [2.05, 4.69) is 15.8 Å². The van der Waals surface area contributed by atoms with Crippen molar-refractivity contribution in [2.75, 3.05) is 5.32 Å². The normalized spacial score (nSPS) is 10.6. The number of benzene rings is 3. The highest BCUT2D eigenvalue weighted by atomic mass is 16.5. The summed E-state index contributed by atoms with van der Waals surface area (Å²) in [7, 11) is 0. The molecule has 3 aromatic rings. The molecule has 3 aromatic carbocycles. The summed E-state index contributed by atoms with van der Waals surface area (Å²) in [4.78, 5) is 24.2. The summed E-state index contributed by atoms with van der Waals surface area (Å²) in [6, 6.07) is 22.9. The van der Waals surface area contributed by atoms with E-state index in [1.54, 1.807) is 0 Å². The fraction of sp³-hybridized carbons (Fsp3) is 0.160.